The highest BCUT2D eigenvalue weighted by Gasteiger charge is 2.04. The van der Waals surface area contributed by atoms with Crippen LogP contribution in [0.1, 0.15) is 10.6 Å². The van der Waals surface area contributed by atoms with Crippen LogP contribution in [0, 0.1) is 6.92 Å². The largest absolute Gasteiger partial charge is 0.493 e. The van der Waals surface area contributed by atoms with Gasteiger partial charge in [0.05, 0.1) is 23.3 Å². The summed E-state index contributed by atoms with van der Waals surface area (Å²) in [6, 6.07) is 5.88. The molecule has 0 unspecified atom stereocenters. The quantitative estimate of drug-likeness (QED) is 0.918. The van der Waals surface area contributed by atoms with Crippen molar-refractivity contribution in [2.24, 2.45) is 0 Å². The number of hydrogen-bond acceptors (Lipinski definition) is 4. The molecule has 5 heteroatoms. The van der Waals surface area contributed by atoms with Crippen LogP contribution >= 0.6 is 22.9 Å². The predicted octanol–water partition coefficient (Wildman–Crippen LogP) is 3.73. The van der Waals surface area contributed by atoms with Gasteiger partial charge in [-0.25, -0.2) is 0 Å². The predicted molar refractivity (Wildman–Crippen MR) is 72.2 cm³/mol. The lowest BCUT2D eigenvalue weighted by Crippen LogP contribution is -2.01. The van der Waals surface area contributed by atoms with E-state index in [1.54, 1.807) is 24.6 Å². The Morgan fingerprint density at radius 1 is 1.47 bits per heavy atom. The lowest BCUT2D eigenvalue weighted by Gasteiger charge is -2.10. The van der Waals surface area contributed by atoms with Gasteiger partial charge in [-0.05, 0) is 25.1 Å². The van der Waals surface area contributed by atoms with Crippen molar-refractivity contribution < 1.29 is 4.74 Å². The molecule has 0 bridgehead atoms. The Morgan fingerprint density at radius 2 is 2.29 bits per heavy atom. The molecule has 0 saturated carbocycles. The monoisotopic (exact) mass is 268 g/mol. The molecule has 2 heterocycles. The van der Waals surface area contributed by atoms with Crippen molar-refractivity contribution in [3.8, 4) is 5.75 Å². The van der Waals surface area contributed by atoms with Gasteiger partial charge < -0.3 is 10.1 Å². The molecule has 0 fully saturated rings. The zero-order chi connectivity index (χ0) is 12.3. The molecule has 2 aromatic rings. The molecule has 0 atom stereocenters. The Morgan fingerprint density at radius 3 is 2.94 bits per heavy atom. The highest BCUT2D eigenvalue weighted by Crippen LogP contribution is 2.26. The normalized spacial score (nSPS) is 10.3. The van der Waals surface area contributed by atoms with Gasteiger partial charge in [0.2, 0.25) is 0 Å². The van der Waals surface area contributed by atoms with E-state index in [9.17, 15) is 0 Å². The van der Waals surface area contributed by atoms with Crippen molar-refractivity contribution in [2.75, 3.05) is 12.4 Å². The second kappa shape index (κ2) is 5.38. The fourth-order valence-electron chi connectivity index (χ4n) is 1.48. The molecule has 0 aliphatic heterocycles. The van der Waals surface area contributed by atoms with Crippen LogP contribution in [0.2, 0.25) is 4.34 Å². The Balaban J connectivity index is 2.10. The number of pyridine rings is 1. The van der Waals surface area contributed by atoms with E-state index in [-0.39, 0.29) is 0 Å². The van der Waals surface area contributed by atoms with Crippen molar-refractivity contribution >= 4 is 28.6 Å². The maximum atomic E-state index is 5.88. The SMILES string of the molecule is COc1cnc(C)cc1NCc1ccc(Cl)s1. The van der Waals surface area contributed by atoms with Gasteiger partial charge in [0.15, 0.2) is 5.75 Å². The maximum Gasteiger partial charge on any atom is 0.160 e. The van der Waals surface area contributed by atoms with Gasteiger partial charge >= 0.3 is 0 Å². The van der Waals surface area contributed by atoms with Crippen molar-refractivity contribution in [3.05, 3.63) is 39.3 Å². The first-order chi connectivity index (χ1) is 8.19. The number of thiophene rings is 1. The third kappa shape index (κ3) is 3.11. The smallest absolute Gasteiger partial charge is 0.160 e. The van der Waals surface area contributed by atoms with Gasteiger partial charge in [0.25, 0.3) is 0 Å². The van der Waals surface area contributed by atoms with Crippen LogP contribution in [0.5, 0.6) is 5.75 Å². The Hall–Kier alpha value is -1.26. The molecule has 1 N–H and O–H groups in total. The second-order valence-electron chi connectivity index (χ2n) is 3.59. The minimum atomic E-state index is 0.733. The van der Waals surface area contributed by atoms with Crippen LogP contribution in [0.15, 0.2) is 24.4 Å². The van der Waals surface area contributed by atoms with E-state index in [0.29, 0.717) is 0 Å². The molecule has 90 valence electrons. The van der Waals surface area contributed by atoms with Gasteiger partial charge in [-0.3, -0.25) is 4.98 Å². The average Bonchev–Trinajstić information content (AvgIpc) is 2.73. The molecular weight excluding hydrogens is 256 g/mol. The van der Waals surface area contributed by atoms with Crippen LogP contribution in [-0.4, -0.2) is 12.1 Å². The fourth-order valence-corrected chi connectivity index (χ4v) is 2.50. The third-order valence-electron chi connectivity index (χ3n) is 2.31. The van der Waals surface area contributed by atoms with E-state index in [4.69, 9.17) is 16.3 Å². The van der Waals surface area contributed by atoms with E-state index in [1.807, 2.05) is 25.1 Å². The van der Waals surface area contributed by atoms with E-state index >= 15 is 0 Å². The molecule has 3 nitrogen and oxygen atoms in total. The molecular formula is C12H13ClN2OS. The highest BCUT2D eigenvalue weighted by molar-refractivity contribution is 7.16. The minimum absolute atomic E-state index is 0.733. The number of ether oxygens (including phenoxy) is 1. The minimum Gasteiger partial charge on any atom is -0.493 e. The van der Waals surface area contributed by atoms with Gasteiger partial charge in [-0.15, -0.1) is 11.3 Å². The van der Waals surface area contributed by atoms with Gasteiger partial charge in [-0.2, -0.15) is 0 Å². The number of nitrogens with zero attached hydrogens (tertiary/aromatic N) is 1. The van der Waals surface area contributed by atoms with Gasteiger partial charge in [0, 0.05) is 17.1 Å². The highest BCUT2D eigenvalue weighted by atomic mass is 35.5. The number of methoxy groups -OCH3 is 1. The molecule has 0 aliphatic rings. The van der Waals surface area contributed by atoms with Crippen LogP contribution in [0.3, 0.4) is 0 Å². The molecule has 0 saturated heterocycles. The summed E-state index contributed by atoms with van der Waals surface area (Å²) in [5.41, 5.74) is 1.90. The lowest BCUT2D eigenvalue weighted by atomic mass is 10.3. The molecule has 0 spiro atoms. The second-order valence-corrected chi connectivity index (χ2v) is 5.38. The van der Waals surface area contributed by atoms with Crippen LogP contribution in [0.4, 0.5) is 5.69 Å². The Bertz CT molecular complexity index is 513. The number of aryl methyl sites for hydroxylation is 1. The van der Waals surface area contributed by atoms with Crippen molar-refractivity contribution in [1.29, 1.82) is 0 Å². The zero-order valence-corrected chi connectivity index (χ0v) is 11.2. The molecule has 0 aliphatic carbocycles. The number of anilines is 1. The Labute approximate surface area is 109 Å². The molecule has 0 amide bonds. The summed E-state index contributed by atoms with van der Waals surface area (Å²) < 4.78 is 6.05. The zero-order valence-electron chi connectivity index (χ0n) is 9.66. The van der Waals surface area contributed by atoms with Crippen LogP contribution in [0.25, 0.3) is 0 Å². The fraction of sp³-hybridized carbons (Fsp3) is 0.250. The number of rotatable bonds is 4. The molecule has 0 aromatic carbocycles. The molecule has 2 aromatic heterocycles. The summed E-state index contributed by atoms with van der Waals surface area (Å²) in [5, 5.41) is 3.32. The summed E-state index contributed by atoms with van der Waals surface area (Å²) in [5.74, 6) is 0.748. The number of hydrogen-bond donors (Lipinski definition) is 1. The van der Waals surface area contributed by atoms with Gasteiger partial charge in [-0.1, -0.05) is 11.6 Å². The third-order valence-corrected chi connectivity index (χ3v) is 3.54. The van der Waals surface area contributed by atoms with Crippen LogP contribution < -0.4 is 10.1 Å². The molecule has 0 radical (unpaired) electrons. The standard InChI is InChI=1S/C12H13ClN2OS/c1-8-5-10(11(16-2)7-14-8)15-6-9-3-4-12(13)17-9/h3-5,7H,6H2,1-2H3,(H,14,15). The summed E-state index contributed by atoms with van der Waals surface area (Å²) in [6.45, 7) is 2.68. The van der Waals surface area contributed by atoms with Crippen molar-refractivity contribution in [1.82, 2.24) is 4.98 Å². The van der Waals surface area contributed by atoms with Gasteiger partial charge in [0.1, 0.15) is 0 Å². The summed E-state index contributed by atoms with van der Waals surface area (Å²) in [4.78, 5) is 5.37. The van der Waals surface area contributed by atoms with E-state index < -0.39 is 0 Å². The average molecular weight is 269 g/mol. The van der Waals surface area contributed by atoms with E-state index in [2.05, 4.69) is 10.3 Å². The van der Waals surface area contributed by atoms with E-state index in [1.165, 1.54) is 4.88 Å². The summed E-state index contributed by atoms with van der Waals surface area (Å²) in [7, 11) is 1.64. The topological polar surface area (TPSA) is 34.1 Å². The number of halogens is 1. The molecule has 2 rings (SSSR count). The van der Waals surface area contributed by atoms with Crippen molar-refractivity contribution in [2.45, 2.75) is 13.5 Å². The number of nitrogens with one attached hydrogen (secondary N) is 1. The van der Waals surface area contributed by atoms with Crippen molar-refractivity contribution in [3.63, 3.8) is 0 Å². The summed E-state index contributed by atoms with van der Waals surface area (Å²) >= 11 is 7.45. The lowest BCUT2D eigenvalue weighted by molar-refractivity contribution is 0.414. The van der Waals surface area contributed by atoms with Crippen LogP contribution in [-0.2, 0) is 6.54 Å². The Kier molecular flexibility index (Phi) is 3.86. The maximum absolute atomic E-state index is 5.88. The first kappa shape index (κ1) is 12.2. The first-order valence-corrected chi connectivity index (χ1v) is 6.37. The summed E-state index contributed by atoms with van der Waals surface area (Å²) in [6.07, 6.45) is 1.72. The first-order valence-electron chi connectivity index (χ1n) is 5.18. The number of aromatic nitrogens is 1. The van der Waals surface area contributed by atoms with E-state index in [0.717, 1.165) is 28.0 Å². The molecule has 17 heavy (non-hydrogen) atoms.